The Bertz CT molecular complexity index is 505. The van der Waals surface area contributed by atoms with E-state index >= 15 is 0 Å². The fraction of sp³-hybridized carbons (Fsp3) is 0.429. The predicted molar refractivity (Wildman–Crippen MR) is 79.0 cm³/mol. The second-order valence-corrected chi connectivity index (χ2v) is 5.44. The zero-order valence-electron chi connectivity index (χ0n) is 11.7. The molecular formula is C14H17Cl2NO3. The minimum Gasteiger partial charge on any atom is -0.469 e. The topological polar surface area (TPSA) is 46.6 Å². The van der Waals surface area contributed by atoms with Crippen LogP contribution in [0.5, 0.6) is 0 Å². The molecule has 0 N–H and O–H groups in total. The molecule has 0 heterocycles. The molecule has 4 nitrogen and oxygen atoms in total. The first-order valence-electron chi connectivity index (χ1n) is 6.11. The third-order valence-electron chi connectivity index (χ3n) is 2.92. The van der Waals surface area contributed by atoms with E-state index in [-0.39, 0.29) is 24.2 Å². The maximum absolute atomic E-state index is 12.1. The summed E-state index contributed by atoms with van der Waals surface area (Å²) in [4.78, 5) is 24.9. The van der Waals surface area contributed by atoms with E-state index in [9.17, 15) is 9.59 Å². The van der Waals surface area contributed by atoms with Crippen molar-refractivity contribution in [2.45, 2.75) is 13.3 Å². The van der Waals surface area contributed by atoms with Crippen molar-refractivity contribution in [2.75, 3.05) is 20.7 Å². The van der Waals surface area contributed by atoms with Crippen LogP contribution in [0, 0.1) is 5.92 Å². The highest BCUT2D eigenvalue weighted by atomic mass is 35.5. The van der Waals surface area contributed by atoms with E-state index in [1.165, 1.54) is 12.0 Å². The molecule has 0 radical (unpaired) electrons. The Morgan fingerprint density at radius 1 is 1.30 bits per heavy atom. The van der Waals surface area contributed by atoms with Crippen LogP contribution < -0.4 is 0 Å². The molecular weight excluding hydrogens is 301 g/mol. The fourth-order valence-electron chi connectivity index (χ4n) is 1.75. The number of carbonyl (C=O) groups excluding carboxylic acids is 2. The number of benzene rings is 1. The number of esters is 1. The second kappa shape index (κ2) is 7.50. The zero-order chi connectivity index (χ0) is 15.3. The highest BCUT2D eigenvalue weighted by molar-refractivity contribution is 6.42. The van der Waals surface area contributed by atoms with Gasteiger partial charge in [0.1, 0.15) is 0 Å². The van der Waals surface area contributed by atoms with Gasteiger partial charge in [-0.3, -0.25) is 9.59 Å². The molecule has 1 atom stereocenters. The largest absolute Gasteiger partial charge is 0.469 e. The van der Waals surface area contributed by atoms with Crippen molar-refractivity contribution in [1.29, 1.82) is 0 Å². The number of rotatable bonds is 5. The Morgan fingerprint density at radius 3 is 2.50 bits per heavy atom. The average Bonchev–Trinajstić information content (AvgIpc) is 2.41. The Hall–Kier alpha value is -1.26. The standard InChI is InChI=1S/C14H17Cl2NO3/c1-9(14(19)20-3)8-17(2)13(18)7-10-4-5-11(15)12(16)6-10/h4-6,9H,7-8H2,1-3H3. The molecule has 110 valence electrons. The maximum atomic E-state index is 12.1. The number of likely N-dealkylation sites (N-methyl/N-ethyl adjacent to an activating group) is 1. The van der Waals surface area contributed by atoms with Gasteiger partial charge >= 0.3 is 5.97 Å². The van der Waals surface area contributed by atoms with Crippen molar-refractivity contribution in [3.8, 4) is 0 Å². The van der Waals surface area contributed by atoms with E-state index in [4.69, 9.17) is 23.2 Å². The van der Waals surface area contributed by atoms with Crippen LogP contribution in [0.2, 0.25) is 10.0 Å². The van der Waals surface area contributed by atoms with E-state index in [0.717, 1.165) is 5.56 Å². The van der Waals surface area contributed by atoms with E-state index in [1.807, 2.05) is 0 Å². The van der Waals surface area contributed by atoms with Gasteiger partial charge in [0.05, 0.1) is 29.5 Å². The third kappa shape index (κ3) is 4.69. The lowest BCUT2D eigenvalue weighted by Crippen LogP contribution is -2.35. The number of halogens is 2. The highest BCUT2D eigenvalue weighted by Gasteiger charge is 2.18. The van der Waals surface area contributed by atoms with Gasteiger partial charge in [-0.1, -0.05) is 36.2 Å². The van der Waals surface area contributed by atoms with Gasteiger partial charge < -0.3 is 9.64 Å². The Balaban J connectivity index is 2.61. The van der Waals surface area contributed by atoms with Crippen molar-refractivity contribution in [1.82, 2.24) is 4.90 Å². The number of carbonyl (C=O) groups is 2. The lowest BCUT2D eigenvalue weighted by Gasteiger charge is -2.20. The number of amides is 1. The molecule has 6 heteroatoms. The summed E-state index contributed by atoms with van der Waals surface area (Å²) in [6.45, 7) is 2.03. The summed E-state index contributed by atoms with van der Waals surface area (Å²) in [7, 11) is 2.98. The summed E-state index contributed by atoms with van der Waals surface area (Å²) in [6, 6.07) is 5.08. The van der Waals surface area contributed by atoms with Gasteiger partial charge in [0.2, 0.25) is 5.91 Å². The zero-order valence-corrected chi connectivity index (χ0v) is 13.2. The normalized spacial score (nSPS) is 11.8. The van der Waals surface area contributed by atoms with E-state index in [0.29, 0.717) is 16.6 Å². The molecule has 1 unspecified atom stereocenters. The first kappa shape index (κ1) is 16.8. The van der Waals surface area contributed by atoms with Gasteiger partial charge in [-0.05, 0) is 17.7 Å². The van der Waals surface area contributed by atoms with Crippen LogP contribution in [0.15, 0.2) is 18.2 Å². The summed E-state index contributed by atoms with van der Waals surface area (Å²) in [5.74, 6) is -0.791. The molecule has 0 saturated carbocycles. The maximum Gasteiger partial charge on any atom is 0.310 e. The molecule has 0 spiro atoms. The first-order valence-corrected chi connectivity index (χ1v) is 6.86. The molecule has 20 heavy (non-hydrogen) atoms. The lowest BCUT2D eigenvalue weighted by atomic mass is 10.1. The minimum atomic E-state index is -0.359. The SMILES string of the molecule is COC(=O)C(C)CN(C)C(=O)Cc1ccc(Cl)c(Cl)c1. The van der Waals surface area contributed by atoms with Gasteiger partial charge in [0.15, 0.2) is 0 Å². The fourth-order valence-corrected chi connectivity index (χ4v) is 2.07. The van der Waals surface area contributed by atoms with Crippen LogP contribution in [-0.2, 0) is 20.7 Å². The number of ether oxygens (including phenoxy) is 1. The van der Waals surface area contributed by atoms with E-state index in [2.05, 4.69) is 4.74 Å². The third-order valence-corrected chi connectivity index (χ3v) is 3.66. The second-order valence-electron chi connectivity index (χ2n) is 4.62. The molecule has 1 rings (SSSR count). The van der Waals surface area contributed by atoms with Crippen LogP contribution in [0.1, 0.15) is 12.5 Å². The van der Waals surface area contributed by atoms with Gasteiger partial charge in [0, 0.05) is 13.6 Å². The summed E-state index contributed by atoms with van der Waals surface area (Å²) >= 11 is 11.7. The molecule has 0 aliphatic rings. The molecule has 0 aromatic heterocycles. The number of nitrogens with zero attached hydrogens (tertiary/aromatic N) is 1. The van der Waals surface area contributed by atoms with Crippen molar-refractivity contribution in [3.63, 3.8) is 0 Å². The smallest absolute Gasteiger partial charge is 0.310 e. The Morgan fingerprint density at radius 2 is 1.95 bits per heavy atom. The monoisotopic (exact) mass is 317 g/mol. The van der Waals surface area contributed by atoms with E-state index < -0.39 is 0 Å². The van der Waals surface area contributed by atoms with Crippen LogP contribution in [0.4, 0.5) is 0 Å². The highest BCUT2D eigenvalue weighted by Crippen LogP contribution is 2.23. The predicted octanol–water partition coefficient (Wildman–Crippen LogP) is 2.80. The summed E-state index contributed by atoms with van der Waals surface area (Å²) < 4.78 is 4.63. The van der Waals surface area contributed by atoms with Crippen molar-refractivity contribution in [2.24, 2.45) is 5.92 Å². The molecule has 0 aliphatic carbocycles. The van der Waals surface area contributed by atoms with Crippen LogP contribution in [-0.4, -0.2) is 37.5 Å². The Kier molecular flexibility index (Phi) is 6.30. The number of hydrogen-bond acceptors (Lipinski definition) is 3. The summed E-state index contributed by atoms with van der Waals surface area (Å²) in [5, 5.41) is 0.873. The van der Waals surface area contributed by atoms with Gasteiger partial charge in [-0.15, -0.1) is 0 Å². The molecule has 1 amide bonds. The van der Waals surface area contributed by atoms with Gasteiger partial charge in [-0.25, -0.2) is 0 Å². The summed E-state index contributed by atoms with van der Waals surface area (Å²) in [6.07, 6.45) is 0.210. The summed E-state index contributed by atoms with van der Waals surface area (Å²) in [5.41, 5.74) is 0.780. The average molecular weight is 318 g/mol. The molecule has 1 aromatic rings. The van der Waals surface area contributed by atoms with Crippen LogP contribution in [0.25, 0.3) is 0 Å². The molecule has 0 aliphatic heterocycles. The minimum absolute atomic E-state index is 0.0980. The number of hydrogen-bond donors (Lipinski definition) is 0. The van der Waals surface area contributed by atoms with Crippen molar-refractivity contribution in [3.05, 3.63) is 33.8 Å². The van der Waals surface area contributed by atoms with Gasteiger partial charge in [-0.2, -0.15) is 0 Å². The molecule has 0 saturated heterocycles. The quantitative estimate of drug-likeness (QED) is 0.784. The number of methoxy groups -OCH3 is 1. The van der Waals surface area contributed by atoms with Crippen LogP contribution >= 0.6 is 23.2 Å². The molecule has 0 fully saturated rings. The lowest BCUT2D eigenvalue weighted by molar-refractivity contribution is -0.146. The van der Waals surface area contributed by atoms with Crippen LogP contribution in [0.3, 0.4) is 0 Å². The Labute approximate surface area is 128 Å². The van der Waals surface area contributed by atoms with Gasteiger partial charge in [0.25, 0.3) is 0 Å². The van der Waals surface area contributed by atoms with Crippen molar-refractivity contribution < 1.29 is 14.3 Å². The van der Waals surface area contributed by atoms with E-state index in [1.54, 1.807) is 32.2 Å². The molecule has 0 bridgehead atoms. The first-order chi connectivity index (χ1) is 9.35. The van der Waals surface area contributed by atoms with Crippen molar-refractivity contribution >= 4 is 35.1 Å². The molecule has 1 aromatic carbocycles.